The minimum atomic E-state index is -4.41. The van der Waals surface area contributed by atoms with Crippen molar-refractivity contribution in [2.45, 2.75) is 11.1 Å². The molecular weight excluding hydrogens is 330 g/mol. The van der Waals surface area contributed by atoms with Crippen molar-refractivity contribution < 1.29 is 17.9 Å². The first kappa shape index (κ1) is 11.9. The molecule has 0 aliphatic heterocycles. The van der Waals surface area contributed by atoms with Crippen LogP contribution in [0.3, 0.4) is 0 Å². The van der Waals surface area contributed by atoms with E-state index in [9.17, 15) is 13.2 Å². The quantitative estimate of drug-likeness (QED) is 0.772. The van der Waals surface area contributed by atoms with E-state index in [0.29, 0.717) is 10.6 Å². The number of rotatable bonds is 2. The maximum absolute atomic E-state index is 12.2. The van der Waals surface area contributed by atoms with Crippen LogP contribution in [0.1, 0.15) is 5.69 Å². The van der Waals surface area contributed by atoms with E-state index in [4.69, 9.17) is 4.74 Å². The van der Waals surface area contributed by atoms with E-state index in [0.717, 1.165) is 21.2 Å². The van der Waals surface area contributed by atoms with Crippen molar-refractivity contribution >= 4 is 30.1 Å². The average Bonchev–Trinajstić information content (AvgIpc) is 2.15. The summed E-state index contributed by atoms with van der Waals surface area (Å²) in [6.45, 7) is 0. The number of ether oxygens (including phenoxy) is 1. The number of pyridine rings is 1. The second kappa shape index (κ2) is 4.56. The van der Waals surface area contributed by atoms with E-state index in [-0.39, 0.29) is 0 Å². The fraction of sp³-hybridized carbons (Fsp3) is 0.286. The number of aromatic nitrogens is 1. The van der Waals surface area contributed by atoms with Crippen molar-refractivity contribution in [1.82, 2.24) is 4.98 Å². The highest BCUT2D eigenvalue weighted by Crippen LogP contribution is 2.37. The summed E-state index contributed by atoms with van der Waals surface area (Å²) in [4.78, 5) is 3.68. The summed E-state index contributed by atoms with van der Waals surface area (Å²) in [5, 5.41) is 0. The molecule has 1 aromatic rings. The molecule has 1 aromatic heterocycles. The molecule has 7 heteroatoms. The lowest BCUT2D eigenvalue weighted by Crippen LogP contribution is -2.07. The maximum atomic E-state index is 12.2. The second-order valence-electron chi connectivity index (χ2n) is 2.30. The third kappa shape index (κ3) is 2.66. The van der Waals surface area contributed by atoms with Crippen LogP contribution in [0.5, 0.6) is 5.75 Å². The zero-order chi connectivity index (χ0) is 10.8. The van der Waals surface area contributed by atoms with E-state index in [1.165, 1.54) is 7.11 Å². The highest BCUT2D eigenvalue weighted by molar-refractivity contribution is 14.2. The molecule has 0 bridgehead atoms. The molecule has 0 N–H and O–H groups in total. The molecule has 0 spiro atoms. The van der Waals surface area contributed by atoms with Crippen molar-refractivity contribution in [1.29, 1.82) is 0 Å². The minimum absolute atomic E-state index is 0.345. The molecule has 14 heavy (non-hydrogen) atoms. The van der Waals surface area contributed by atoms with E-state index < -0.39 is 11.9 Å². The molecule has 2 nitrogen and oxygen atoms in total. The Labute approximate surface area is 94.8 Å². The highest BCUT2D eigenvalue weighted by atomic mass is 127. The first-order chi connectivity index (χ1) is 6.49. The third-order valence-electron chi connectivity index (χ3n) is 1.43. The van der Waals surface area contributed by atoms with Gasteiger partial charge in [-0.05, 0) is 15.0 Å². The summed E-state index contributed by atoms with van der Waals surface area (Å²) in [5.74, 6) is 0.345. The smallest absolute Gasteiger partial charge is 0.433 e. The fourth-order valence-corrected chi connectivity index (χ4v) is 2.19. The fourth-order valence-electron chi connectivity index (χ4n) is 0.793. The van der Waals surface area contributed by atoms with E-state index in [1.807, 2.05) is 21.2 Å². The molecule has 0 aliphatic carbocycles. The van der Waals surface area contributed by atoms with Crippen LogP contribution in [-0.4, -0.2) is 12.1 Å². The number of nitrogens with zero attached hydrogens (tertiary/aromatic N) is 1. The van der Waals surface area contributed by atoms with Gasteiger partial charge in [-0.25, -0.2) is 4.98 Å². The lowest BCUT2D eigenvalue weighted by atomic mass is 10.3. The summed E-state index contributed by atoms with van der Waals surface area (Å²) in [6, 6.07) is 0.968. The van der Waals surface area contributed by atoms with Crippen LogP contribution in [0.4, 0.5) is 13.2 Å². The molecule has 1 heterocycles. The van der Waals surface area contributed by atoms with Crippen LogP contribution in [0.25, 0.3) is 0 Å². The molecule has 0 fully saturated rings. The molecule has 0 aliphatic rings. The van der Waals surface area contributed by atoms with Crippen molar-refractivity contribution in [2.24, 2.45) is 0 Å². The van der Waals surface area contributed by atoms with Crippen molar-refractivity contribution in [3.8, 4) is 5.75 Å². The van der Waals surface area contributed by atoms with Crippen molar-refractivity contribution in [3.63, 3.8) is 0 Å². The zero-order valence-electron chi connectivity index (χ0n) is 6.93. The van der Waals surface area contributed by atoms with Crippen LogP contribution >= 0.6 is 30.1 Å². The van der Waals surface area contributed by atoms with Crippen LogP contribution in [-0.2, 0) is 6.18 Å². The monoisotopic (exact) mass is 335 g/mol. The van der Waals surface area contributed by atoms with Gasteiger partial charge < -0.3 is 4.74 Å². The molecule has 78 valence electrons. The van der Waals surface area contributed by atoms with Crippen LogP contribution < -0.4 is 4.74 Å². The topological polar surface area (TPSA) is 22.1 Å². The number of hydrogen-bond donors (Lipinski definition) is 0. The molecule has 1 rings (SSSR count). The largest absolute Gasteiger partial charge is 0.494 e. The molecule has 0 aromatic carbocycles. The molecule has 0 atom stereocenters. The average molecular weight is 335 g/mol. The first-order valence-corrected chi connectivity index (χ1v) is 6.74. The summed E-state index contributed by atoms with van der Waals surface area (Å²) < 4.78 is 41.5. The van der Waals surface area contributed by atoms with Gasteiger partial charge in [0.2, 0.25) is 0 Å². The van der Waals surface area contributed by atoms with Crippen molar-refractivity contribution in [2.75, 3.05) is 7.11 Å². The zero-order valence-corrected chi connectivity index (χ0v) is 9.90. The van der Waals surface area contributed by atoms with Gasteiger partial charge in [0.15, 0.2) is 5.75 Å². The molecule has 0 saturated carbocycles. The lowest BCUT2D eigenvalue weighted by Gasteiger charge is -2.09. The Morgan fingerprint density at radius 2 is 2.14 bits per heavy atom. The molecule has 0 saturated heterocycles. The predicted molar refractivity (Wildman–Crippen MR) is 55.7 cm³/mol. The Balaban J connectivity index is 3.14. The standard InChI is InChI=1S/C7H5F3INOS/c1-13-4-3-12-6(7(8,9)10)2-5(4)14-11/h2-3H,1H3. The second-order valence-corrected chi connectivity index (χ2v) is 4.21. The summed E-state index contributed by atoms with van der Waals surface area (Å²) in [5.41, 5.74) is -0.905. The normalized spacial score (nSPS) is 11.5. The van der Waals surface area contributed by atoms with Gasteiger partial charge in [0.05, 0.1) is 18.2 Å². The van der Waals surface area contributed by atoms with Crippen LogP contribution in [0.2, 0.25) is 0 Å². The van der Waals surface area contributed by atoms with E-state index >= 15 is 0 Å². The number of hydrogen-bond acceptors (Lipinski definition) is 3. The van der Waals surface area contributed by atoms with Gasteiger partial charge >= 0.3 is 6.18 Å². The van der Waals surface area contributed by atoms with Crippen LogP contribution in [0.15, 0.2) is 17.2 Å². The Hall–Kier alpha value is -0.180. The molecule has 0 unspecified atom stereocenters. The van der Waals surface area contributed by atoms with Gasteiger partial charge in [-0.2, -0.15) is 13.2 Å². The molecule has 0 amide bonds. The summed E-state index contributed by atoms with van der Waals surface area (Å²) in [7, 11) is 2.54. The Bertz CT molecular complexity index is 331. The molecule has 0 radical (unpaired) electrons. The minimum Gasteiger partial charge on any atom is -0.494 e. The lowest BCUT2D eigenvalue weighted by molar-refractivity contribution is -0.141. The molecular formula is C7H5F3INOS. The SMILES string of the molecule is COc1cnc(C(F)(F)F)cc1SI. The van der Waals surface area contributed by atoms with Gasteiger partial charge in [-0.3, -0.25) is 0 Å². The van der Waals surface area contributed by atoms with Gasteiger partial charge in [-0.1, -0.05) is 0 Å². The maximum Gasteiger partial charge on any atom is 0.433 e. The van der Waals surface area contributed by atoms with Gasteiger partial charge in [0.1, 0.15) is 5.69 Å². The third-order valence-corrected chi connectivity index (χ3v) is 3.33. The summed E-state index contributed by atoms with van der Waals surface area (Å²) in [6.07, 6.45) is -3.34. The predicted octanol–water partition coefficient (Wildman–Crippen LogP) is 3.55. The van der Waals surface area contributed by atoms with Crippen LogP contribution in [0, 0.1) is 0 Å². The van der Waals surface area contributed by atoms with Gasteiger partial charge in [-0.15, -0.1) is 0 Å². The number of halogens is 4. The summed E-state index contributed by atoms with van der Waals surface area (Å²) >= 11 is 1.89. The number of methoxy groups -OCH3 is 1. The Morgan fingerprint density at radius 1 is 1.50 bits per heavy atom. The van der Waals surface area contributed by atoms with E-state index in [1.54, 1.807) is 0 Å². The van der Waals surface area contributed by atoms with E-state index in [2.05, 4.69) is 4.98 Å². The Morgan fingerprint density at radius 3 is 2.57 bits per heavy atom. The first-order valence-electron chi connectivity index (χ1n) is 3.39. The van der Waals surface area contributed by atoms with Gasteiger partial charge in [0, 0.05) is 21.2 Å². The number of alkyl halides is 3. The van der Waals surface area contributed by atoms with Gasteiger partial charge in [0.25, 0.3) is 0 Å². The Kier molecular flexibility index (Phi) is 3.87. The van der Waals surface area contributed by atoms with Crippen molar-refractivity contribution in [3.05, 3.63) is 18.0 Å². The highest BCUT2D eigenvalue weighted by Gasteiger charge is 2.33.